The lowest BCUT2D eigenvalue weighted by Crippen LogP contribution is -2.39. The Bertz CT molecular complexity index is 1380. The largest absolute Gasteiger partial charge is 0.463 e. The molecule has 3 heterocycles. The second-order valence-electron chi connectivity index (χ2n) is 7.42. The molecule has 0 radical (unpaired) electrons. The number of benzene rings is 1. The van der Waals surface area contributed by atoms with Crippen molar-refractivity contribution in [2.75, 3.05) is 25.6 Å². The Kier molecular flexibility index (Phi) is 5.84. The molecule has 32 heavy (non-hydrogen) atoms. The van der Waals surface area contributed by atoms with Gasteiger partial charge in [0.15, 0.2) is 10.7 Å². The summed E-state index contributed by atoms with van der Waals surface area (Å²) in [5.41, 5.74) is 0.980. The number of aromatic nitrogens is 1. The second kappa shape index (κ2) is 8.58. The molecule has 1 aliphatic heterocycles. The Hall–Kier alpha value is -3.46. The van der Waals surface area contributed by atoms with Crippen molar-refractivity contribution in [3.63, 3.8) is 0 Å². The van der Waals surface area contributed by atoms with Crippen molar-refractivity contribution in [2.45, 2.75) is 19.9 Å². The van der Waals surface area contributed by atoms with Crippen LogP contribution in [0.3, 0.4) is 0 Å². The first-order chi connectivity index (χ1) is 15.3. The molecule has 0 amide bonds. The minimum absolute atomic E-state index is 0.183. The summed E-state index contributed by atoms with van der Waals surface area (Å²) in [6.07, 6.45) is 1.65. The Morgan fingerprint density at radius 3 is 2.62 bits per heavy atom. The zero-order chi connectivity index (χ0) is 23.0. The highest BCUT2D eigenvalue weighted by atomic mass is 32.1. The van der Waals surface area contributed by atoms with Gasteiger partial charge in [-0.2, -0.15) is 0 Å². The molecule has 1 aromatic carbocycles. The summed E-state index contributed by atoms with van der Waals surface area (Å²) in [6.45, 7) is 3.60. The fourth-order valence-corrected chi connectivity index (χ4v) is 4.57. The van der Waals surface area contributed by atoms with Gasteiger partial charge in [0.2, 0.25) is 0 Å². The standard InChI is InChI=1S/C23H22FN3O4S/c1-5-30-22(29)19-13(2)25-23-27(20(19)14-6-8-15(24)9-7-14)21(28)17(32-23)12-16-10-11-18(31-16)26(3)4/h6-12,20H,5H2,1-4H3/b17-12+/t20-/m1/s1. The molecule has 0 saturated carbocycles. The van der Waals surface area contributed by atoms with Crippen molar-refractivity contribution in [3.8, 4) is 0 Å². The van der Waals surface area contributed by atoms with Gasteiger partial charge in [-0.25, -0.2) is 14.2 Å². The van der Waals surface area contributed by atoms with Crippen molar-refractivity contribution in [1.29, 1.82) is 0 Å². The van der Waals surface area contributed by atoms with Gasteiger partial charge in [0, 0.05) is 26.2 Å². The Balaban J connectivity index is 1.92. The average Bonchev–Trinajstić information content (AvgIpc) is 3.33. The van der Waals surface area contributed by atoms with Crippen LogP contribution in [0.4, 0.5) is 10.3 Å². The zero-order valence-electron chi connectivity index (χ0n) is 18.1. The number of rotatable bonds is 5. The van der Waals surface area contributed by atoms with Crippen molar-refractivity contribution in [2.24, 2.45) is 4.99 Å². The summed E-state index contributed by atoms with van der Waals surface area (Å²) < 4.78 is 26.4. The van der Waals surface area contributed by atoms with Crippen molar-refractivity contribution in [3.05, 3.63) is 84.5 Å². The normalized spacial score (nSPS) is 16.0. The monoisotopic (exact) mass is 455 g/mol. The molecule has 1 atom stereocenters. The third-order valence-corrected chi connectivity index (χ3v) is 6.01. The van der Waals surface area contributed by atoms with Gasteiger partial charge in [0.1, 0.15) is 11.6 Å². The van der Waals surface area contributed by atoms with E-state index in [1.54, 1.807) is 38.1 Å². The van der Waals surface area contributed by atoms with Crippen LogP contribution in [-0.2, 0) is 9.53 Å². The molecule has 7 nitrogen and oxygen atoms in total. The van der Waals surface area contributed by atoms with Crippen molar-refractivity contribution in [1.82, 2.24) is 4.57 Å². The number of furan rings is 1. The molecule has 166 valence electrons. The fourth-order valence-electron chi connectivity index (χ4n) is 3.54. The highest BCUT2D eigenvalue weighted by Crippen LogP contribution is 2.30. The number of hydrogen-bond donors (Lipinski definition) is 0. The van der Waals surface area contributed by atoms with E-state index in [2.05, 4.69) is 4.99 Å². The van der Waals surface area contributed by atoms with Crippen LogP contribution in [0.5, 0.6) is 0 Å². The number of anilines is 1. The minimum atomic E-state index is -0.776. The highest BCUT2D eigenvalue weighted by molar-refractivity contribution is 7.07. The van der Waals surface area contributed by atoms with Crippen molar-refractivity contribution < 1.29 is 18.3 Å². The van der Waals surface area contributed by atoms with Gasteiger partial charge in [0.05, 0.1) is 28.5 Å². The third kappa shape index (κ3) is 3.91. The quantitative estimate of drug-likeness (QED) is 0.553. The number of carbonyl (C=O) groups excluding carboxylic acids is 1. The molecule has 2 aromatic heterocycles. The molecule has 4 rings (SSSR count). The average molecular weight is 456 g/mol. The van der Waals surface area contributed by atoms with E-state index in [-0.39, 0.29) is 17.7 Å². The van der Waals surface area contributed by atoms with Crippen LogP contribution in [0.15, 0.2) is 61.9 Å². The van der Waals surface area contributed by atoms with E-state index in [9.17, 15) is 14.0 Å². The fraction of sp³-hybridized carbons (Fsp3) is 0.261. The summed E-state index contributed by atoms with van der Waals surface area (Å²) >= 11 is 1.20. The highest BCUT2D eigenvalue weighted by Gasteiger charge is 2.33. The number of fused-ring (bicyclic) bond motifs is 1. The molecule has 0 bridgehead atoms. The van der Waals surface area contributed by atoms with Crippen LogP contribution < -0.4 is 19.8 Å². The number of thiazole rings is 1. The predicted octanol–water partition coefficient (Wildman–Crippen LogP) is 2.60. The zero-order valence-corrected chi connectivity index (χ0v) is 18.9. The van der Waals surface area contributed by atoms with Crippen LogP contribution in [0.25, 0.3) is 6.08 Å². The smallest absolute Gasteiger partial charge is 0.338 e. The van der Waals surface area contributed by atoms with Crippen LogP contribution in [0, 0.1) is 5.82 Å². The second-order valence-corrected chi connectivity index (χ2v) is 8.43. The van der Waals surface area contributed by atoms with E-state index < -0.39 is 17.8 Å². The first-order valence-electron chi connectivity index (χ1n) is 10.0. The van der Waals surface area contributed by atoms with E-state index in [4.69, 9.17) is 9.15 Å². The maximum Gasteiger partial charge on any atom is 0.338 e. The van der Waals surface area contributed by atoms with Gasteiger partial charge in [0.25, 0.3) is 5.56 Å². The Labute approximate surface area is 187 Å². The molecule has 0 spiro atoms. The first kappa shape index (κ1) is 21.8. The lowest BCUT2D eigenvalue weighted by atomic mass is 9.96. The lowest BCUT2D eigenvalue weighted by molar-refractivity contribution is -0.139. The van der Waals surface area contributed by atoms with Crippen LogP contribution in [0.2, 0.25) is 0 Å². The summed E-state index contributed by atoms with van der Waals surface area (Å²) in [5.74, 6) is 0.223. The van der Waals surface area contributed by atoms with Crippen molar-refractivity contribution >= 4 is 29.3 Å². The topological polar surface area (TPSA) is 77.0 Å². The molecular weight excluding hydrogens is 433 g/mol. The maximum atomic E-state index is 13.6. The summed E-state index contributed by atoms with van der Waals surface area (Å²) in [5, 5.41) is 0. The van der Waals surface area contributed by atoms with E-state index in [1.807, 2.05) is 25.1 Å². The summed E-state index contributed by atoms with van der Waals surface area (Å²) in [4.78, 5) is 33.0. The van der Waals surface area contributed by atoms with E-state index in [0.717, 1.165) is 0 Å². The molecule has 0 fully saturated rings. The lowest BCUT2D eigenvalue weighted by Gasteiger charge is -2.24. The Morgan fingerprint density at radius 2 is 2.00 bits per heavy atom. The predicted molar refractivity (Wildman–Crippen MR) is 120 cm³/mol. The number of nitrogens with zero attached hydrogens (tertiary/aromatic N) is 3. The number of allylic oxidation sites excluding steroid dienone is 1. The summed E-state index contributed by atoms with van der Waals surface area (Å²) in [7, 11) is 3.72. The number of carbonyl (C=O) groups is 1. The number of halogens is 1. The molecule has 0 unspecified atom stereocenters. The van der Waals surface area contributed by atoms with Gasteiger partial charge in [-0.1, -0.05) is 23.5 Å². The van der Waals surface area contributed by atoms with Gasteiger partial charge in [-0.3, -0.25) is 9.36 Å². The van der Waals surface area contributed by atoms with Gasteiger partial charge in [-0.15, -0.1) is 0 Å². The molecule has 9 heteroatoms. The van der Waals surface area contributed by atoms with Gasteiger partial charge in [-0.05, 0) is 37.6 Å². The van der Waals surface area contributed by atoms with E-state index in [1.165, 1.54) is 28.0 Å². The molecule has 3 aromatic rings. The number of esters is 1. The maximum absolute atomic E-state index is 13.6. The summed E-state index contributed by atoms with van der Waals surface area (Å²) in [6, 6.07) is 8.54. The molecule has 0 N–H and O–H groups in total. The van der Waals surface area contributed by atoms with Gasteiger partial charge < -0.3 is 14.1 Å². The van der Waals surface area contributed by atoms with Crippen LogP contribution >= 0.6 is 11.3 Å². The third-order valence-electron chi connectivity index (χ3n) is 5.03. The minimum Gasteiger partial charge on any atom is -0.463 e. The van der Waals surface area contributed by atoms with E-state index >= 15 is 0 Å². The first-order valence-corrected chi connectivity index (χ1v) is 10.8. The van der Waals surface area contributed by atoms with E-state index in [0.29, 0.717) is 32.2 Å². The van der Waals surface area contributed by atoms with Crippen LogP contribution in [0.1, 0.15) is 31.2 Å². The number of ether oxygens (including phenoxy) is 1. The molecule has 1 aliphatic rings. The number of hydrogen-bond acceptors (Lipinski definition) is 7. The SMILES string of the molecule is CCOC(=O)C1=C(C)N=c2s/c(=C/c3ccc(N(C)C)o3)c(=O)n2[C@@H]1c1ccc(F)cc1. The molecule has 0 saturated heterocycles. The molecular formula is C23H22FN3O4S. The van der Waals surface area contributed by atoms with Crippen LogP contribution in [-0.4, -0.2) is 31.2 Å². The molecule has 0 aliphatic carbocycles. The van der Waals surface area contributed by atoms with Gasteiger partial charge >= 0.3 is 5.97 Å². The Morgan fingerprint density at radius 1 is 1.28 bits per heavy atom.